The smallest absolute Gasteiger partial charge is 0.459 e. The molecule has 0 bridgehead atoms. The van der Waals surface area contributed by atoms with Crippen LogP contribution in [0.2, 0.25) is 0 Å². The van der Waals surface area contributed by atoms with Gasteiger partial charge in [0.15, 0.2) is 18.2 Å². The Labute approximate surface area is 276 Å². The lowest BCUT2D eigenvalue weighted by atomic mass is 9.96. The first-order chi connectivity index (χ1) is 22.9. The summed E-state index contributed by atoms with van der Waals surface area (Å²) in [6.45, 7) is 5.17. The molecule has 2 aromatic heterocycles. The number of rotatable bonds is 14. The van der Waals surface area contributed by atoms with E-state index < -0.39 is 62.5 Å². The summed E-state index contributed by atoms with van der Waals surface area (Å²) in [5, 5.41) is 17.2. The van der Waals surface area contributed by atoms with Crippen molar-refractivity contribution in [2.75, 3.05) is 12.3 Å². The molecule has 0 amide bonds. The van der Waals surface area contributed by atoms with E-state index >= 15 is 0 Å². The third-order valence-electron chi connectivity index (χ3n) is 7.46. The van der Waals surface area contributed by atoms with Crippen molar-refractivity contribution in [3.05, 3.63) is 90.4 Å². The Morgan fingerprint density at radius 1 is 1.10 bits per heavy atom. The normalized spacial score (nSPS) is 23.2. The van der Waals surface area contributed by atoms with Crippen LogP contribution >= 0.6 is 7.75 Å². The zero-order chi connectivity index (χ0) is 34.5. The second kappa shape index (κ2) is 14.8. The number of ether oxygens (including phenoxy) is 4. The van der Waals surface area contributed by atoms with Gasteiger partial charge in [-0.1, -0.05) is 48.5 Å². The van der Waals surface area contributed by atoms with E-state index in [1.165, 1.54) is 31.6 Å². The molecule has 1 aliphatic rings. The summed E-state index contributed by atoms with van der Waals surface area (Å²) in [5.74, 6) is -0.937. The SMILES string of the molecule is CC(=O)O[C@H]1[C@H](c2ccc3c(N)ncnn23)O[C@](C)(COP(=O)(N[C@@H](C)C(=O)OCc2ccccc2)Oc2ccccc2)[C@H]1OC(C)O. The van der Waals surface area contributed by atoms with E-state index in [0.29, 0.717) is 11.2 Å². The molecule has 1 saturated heterocycles. The number of aliphatic hydroxyl groups excluding tert-OH is 1. The van der Waals surface area contributed by atoms with Crippen molar-refractivity contribution < 1.29 is 47.3 Å². The molecule has 0 saturated carbocycles. The maximum Gasteiger partial charge on any atom is 0.459 e. The zero-order valence-corrected chi connectivity index (χ0v) is 27.7. The van der Waals surface area contributed by atoms with Gasteiger partial charge < -0.3 is 34.3 Å². The van der Waals surface area contributed by atoms with Crippen LogP contribution in [0.4, 0.5) is 5.82 Å². The minimum atomic E-state index is -4.37. The molecule has 1 fully saturated rings. The van der Waals surface area contributed by atoms with Crippen LogP contribution < -0.4 is 15.3 Å². The number of fused-ring (bicyclic) bond motifs is 1. The van der Waals surface area contributed by atoms with Crippen molar-refractivity contribution >= 4 is 31.0 Å². The second-order valence-electron chi connectivity index (χ2n) is 11.4. The van der Waals surface area contributed by atoms with Crippen LogP contribution in [0, 0.1) is 0 Å². The molecule has 4 N–H and O–H groups in total. The third kappa shape index (κ3) is 8.19. The molecular formula is C32H38N5O10P. The number of carbonyl (C=O) groups is 2. The van der Waals surface area contributed by atoms with E-state index in [0.717, 1.165) is 5.56 Å². The molecule has 48 heavy (non-hydrogen) atoms. The molecule has 0 aliphatic carbocycles. The number of aliphatic hydroxyl groups is 1. The number of benzene rings is 2. The number of para-hydroxylation sites is 1. The first-order valence-electron chi connectivity index (χ1n) is 15.1. The highest BCUT2D eigenvalue weighted by molar-refractivity contribution is 7.52. The Morgan fingerprint density at radius 3 is 2.46 bits per heavy atom. The lowest BCUT2D eigenvalue weighted by Gasteiger charge is -2.33. The summed E-state index contributed by atoms with van der Waals surface area (Å²) in [4.78, 5) is 29.3. The van der Waals surface area contributed by atoms with Crippen LogP contribution in [-0.2, 0) is 44.2 Å². The summed E-state index contributed by atoms with van der Waals surface area (Å²) in [6, 6.07) is 19.6. The van der Waals surface area contributed by atoms with Crippen LogP contribution in [0.15, 0.2) is 79.1 Å². The molecule has 2 unspecified atom stereocenters. The number of nitrogens with zero attached hydrogens (tertiary/aromatic N) is 3. The lowest BCUT2D eigenvalue weighted by Crippen LogP contribution is -2.49. The van der Waals surface area contributed by atoms with Crippen molar-refractivity contribution in [3.63, 3.8) is 0 Å². The minimum absolute atomic E-state index is 0.00455. The molecular weight excluding hydrogens is 645 g/mol. The van der Waals surface area contributed by atoms with E-state index in [-0.39, 0.29) is 18.2 Å². The molecule has 2 aromatic carbocycles. The van der Waals surface area contributed by atoms with Gasteiger partial charge in [0.1, 0.15) is 48.1 Å². The van der Waals surface area contributed by atoms with Gasteiger partial charge in [0.2, 0.25) is 0 Å². The Kier molecular flexibility index (Phi) is 10.8. The van der Waals surface area contributed by atoms with Gasteiger partial charge in [0.05, 0.1) is 12.3 Å². The first kappa shape index (κ1) is 35.0. The average Bonchev–Trinajstić information content (AvgIpc) is 3.59. The molecule has 256 valence electrons. The number of anilines is 1. The zero-order valence-electron chi connectivity index (χ0n) is 26.8. The van der Waals surface area contributed by atoms with Crippen molar-refractivity contribution in [2.45, 2.75) is 70.5 Å². The Morgan fingerprint density at radius 2 is 1.79 bits per heavy atom. The maximum atomic E-state index is 14.4. The van der Waals surface area contributed by atoms with Crippen molar-refractivity contribution in [2.24, 2.45) is 0 Å². The number of carbonyl (C=O) groups excluding carboxylic acids is 2. The molecule has 15 nitrogen and oxygen atoms in total. The summed E-state index contributed by atoms with van der Waals surface area (Å²) < 4.78 is 51.1. The monoisotopic (exact) mass is 683 g/mol. The number of nitrogens with one attached hydrogen (secondary N) is 1. The predicted molar refractivity (Wildman–Crippen MR) is 171 cm³/mol. The van der Waals surface area contributed by atoms with Crippen LogP contribution in [0.3, 0.4) is 0 Å². The summed E-state index contributed by atoms with van der Waals surface area (Å²) in [5.41, 5.74) is 6.20. The van der Waals surface area contributed by atoms with Gasteiger partial charge in [-0.05, 0) is 50.6 Å². The fraction of sp³-hybridized carbons (Fsp3) is 0.375. The van der Waals surface area contributed by atoms with E-state index in [4.69, 9.17) is 33.7 Å². The van der Waals surface area contributed by atoms with E-state index in [1.807, 2.05) is 18.2 Å². The average molecular weight is 684 g/mol. The molecule has 0 spiro atoms. The molecule has 16 heteroatoms. The van der Waals surface area contributed by atoms with Gasteiger partial charge >= 0.3 is 19.7 Å². The summed E-state index contributed by atoms with van der Waals surface area (Å²) in [7, 11) is -4.37. The van der Waals surface area contributed by atoms with E-state index in [9.17, 15) is 19.3 Å². The number of nitrogen functional groups attached to an aromatic ring is 1. The molecule has 7 atom stereocenters. The fourth-order valence-electron chi connectivity index (χ4n) is 5.28. The Hall–Kier alpha value is -4.37. The highest BCUT2D eigenvalue weighted by Gasteiger charge is 2.58. The van der Waals surface area contributed by atoms with Gasteiger partial charge in [-0.3, -0.25) is 14.1 Å². The predicted octanol–water partition coefficient (Wildman–Crippen LogP) is 3.72. The minimum Gasteiger partial charge on any atom is -0.460 e. The highest BCUT2D eigenvalue weighted by Crippen LogP contribution is 2.50. The van der Waals surface area contributed by atoms with Gasteiger partial charge in [0, 0.05) is 6.92 Å². The van der Waals surface area contributed by atoms with Crippen LogP contribution in [0.25, 0.3) is 5.52 Å². The maximum absolute atomic E-state index is 14.4. The highest BCUT2D eigenvalue weighted by atomic mass is 31.2. The van der Waals surface area contributed by atoms with Gasteiger partial charge in [-0.2, -0.15) is 10.2 Å². The number of hydrogen-bond acceptors (Lipinski definition) is 13. The first-order valence-corrected chi connectivity index (χ1v) is 16.7. The summed E-state index contributed by atoms with van der Waals surface area (Å²) >= 11 is 0. The number of esters is 2. The third-order valence-corrected chi connectivity index (χ3v) is 9.09. The Balaban J connectivity index is 1.42. The van der Waals surface area contributed by atoms with Gasteiger partial charge in [-0.15, -0.1) is 0 Å². The standard InChI is InChI=1S/C32H38N5O10P/c1-20(31(40)42-17-23-11-7-5-8-12-23)36-48(41,47-24-13-9-6-10-14-24)43-18-32(4)29(45-22(3)39)28(44-21(2)38)27(46-32)25-15-16-26-30(33)34-19-35-37(25)26/h5-16,19-20,22,27-29,39H,17-18H2,1-4H3,(H,36,41)(H2,33,34,35)/t20-,22?,27-,28-,29-,32+,48?/m0/s1. The van der Waals surface area contributed by atoms with Crippen LogP contribution in [0.5, 0.6) is 5.75 Å². The second-order valence-corrected chi connectivity index (χ2v) is 13.1. The lowest BCUT2D eigenvalue weighted by molar-refractivity contribution is -0.193. The molecule has 3 heterocycles. The van der Waals surface area contributed by atoms with Gasteiger partial charge in [0.25, 0.3) is 0 Å². The van der Waals surface area contributed by atoms with Gasteiger partial charge in [-0.25, -0.2) is 14.1 Å². The van der Waals surface area contributed by atoms with Crippen LogP contribution in [0.1, 0.15) is 45.1 Å². The number of nitrogens with two attached hydrogens (primary N) is 1. The molecule has 1 aliphatic heterocycles. The topological polar surface area (TPSA) is 195 Å². The Bertz CT molecular complexity index is 1760. The van der Waals surface area contributed by atoms with Crippen LogP contribution in [-0.4, -0.2) is 68.4 Å². The quantitative estimate of drug-likeness (QED) is 0.0988. The largest absolute Gasteiger partial charge is 0.460 e. The fourth-order valence-corrected chi connectivity index (χ4v) is 6.86. The van der Waals surface area contributed by atoms with Crippen molar-refractivity contribution in [3.8, 4) is 5.75 Å². The number of aromatic nitrogens is 3. The van der Waals surface area contributed by atoms with E-state index in [2.05, 4.69) is 15.2 Å². The van der Waals surface area contributed by atoms with Crippen molar-refractivity contribution in [1.29, 1.82) is 0 Å². The number of hydrogen-bond donors (Lipinski definition) is 3. The van der Waals surface area contributed by atoms with Crippen molar-refractivity contribution in [1.82, 2.24) is 19.7 Å². The summed E-state index contributed by atoms with van der Waals surface area (Å²) in [6.07, 6.45) is -3.37. The molecule has 4 aromatic rings. The molecule has 5 rings (SSSR count). The molecule has 0 radical (unpaired) electrons. The van der Waals surface area contributed by atoms with E-state index in [1.54, 1.807) is 61.5 Å².